The van der Waals surface area contributed by atoms with Crippen molar-refractivity contribution < 1.29 is 14.3 Å². The third-order valence-corrected chi connectivity index (χ3v) is 4.19. The molecule has 3 atom stereocenters. The number of nitrogens with one attached hydrogen (secondary N) is 1. The molecular weight excluding hydrogens is 278 g/mol. The quantitative estimate of drug-likeness (QED) is 0.912. The third kappa shape index (κ3) is 2.50. The van der Waals surface area contributed by atoms with Gasteiger partial charge in [-0.25, -0.2) is 0 Å². The first-order valence-corrected chi connectivity index (χ1v) is 7.39. The Morgan fingerprint density at radius 3 is 3.00 bits per heavy atom. The van der Waals surface area contributed by atoms with Crippen molar-refractivity contribution in [3.05, 3.63) is 29.3 Å². The molecule has 3 rings (SSSR count). The monoisotopic (exact) mass is 295 g/mol. The van der Waals surface area contributed by atoms with Crippen molar-refractivity contribution in [1.29, 1.82) is 0 Å². The van der Waals surface area contributed by atoms with E-state index in [0.29, 0.717) is 10.8 Å². The zero-order valence-electron chi connectivity index (χ0n) is 11.4. The van der Waals surface area contributed by atoms with Gasteiger partial charge in [-0.1, -0.05) is 17.7 Å². The lowest BCUT2D eigenvalue weighted by atomic mass is 9.89. The number of hydrogen-bond donors (Lipinski definition) is 1. The van der Waals surface area contributed by atoms with Crippen molar-refractivity contribution in [3.63, 3.8) is 0 Å². The van der Waals surface area contributed by atoms with E-state index in [2.05, 4.69) is 5.32 Å². The van der Waals surface area contributed by atoms with Crippen LogP contribution in [-0.2, 0) is 9.53 Å². The molecule has 1 saturated heterocycles. The highest BCUT2D eigenvalue weighted by atomic mass is 35.5. The van der Waals surface area contributed by atoms with E-state index >= 15 is 0 Å². The van der Waals surface area contributed by atoms with Gasteiger partial charge in [-0.15, -0.1) is 0 Å². The Labute approximate surface area is 123 Å². The van der Waals surface area contributed by atoms with Gasteiger partial charge >= 0.3 is 0 Å². The molecule has 0 bridgehead atoms. The van der Waals surface area contributed by atoms with Crippen LogP contribution in [0, 0.1) is 0 Å². The number of carbonyl (C=O) groups excluding carboxylic acids is 1. The van der Waals surface area contributed by atoms with Crippen LogP contribution in [0.3, 0.4) is 0 Å². The molecule has 2 fully saturated rings. The highest BCUT2D eigenvalue weighted by Crippen LogP contribution is 2.37. The summed E-state index contributed by atoms with van der Waals surface area (Å²) in [4.78, 5) is 11.8. The van der Waals surface area contributed by atoms with Crippen LogP contribution in [0.4, 0.5) is 0 Å². The molecule has 1 saturated carbocycles. The van der Waals surface area contributed by atoms with Gasteiger partial charge in [-0.2, -0.15) is 0 Å². The molecule has 0 aromatic heterocycles. The van der Waals surface area contributed by atoms with Crippen LogP contribution >= 0.6 is 11.6 Å². The summed E-state index contributed by atoms with van der Waals surface area (Å²) < 4.78 is 11.9. The van der Waals surface area contributed by atoms with Crippen LogP contribution in [0.15, 0.2) is 24.3 Å². The SMILES string of the molecule is C[C@H]1O[C@]2(CCCC[C@H]2Oc2cccc(Cl)c2)NC1=O. The van der Waals surface area contributed by atoms with E-state index in [4.69, 9.17) is 21.1 Å². The van der Waals surface area contributed by atoms with Crippen molar-refractivity contribution in [2.24, 2.45) is 0 Å². The number of amides is 1. The lowest BCUT2D eigenvalue weighted by Gasteiger charge is -2.39. The van der Waals surface area contributed by atoms with Crippen molar-refractivity contribution in [2.45, 2.75) is 50.5 Å². The van der Waals surface area contributed by atoms with E-state index in [1.54, 1.807) is 19.1 Å². The summed E-state index contributed by atoms with van der Waals surface area (Å²) in [7, 11) is 0. The van der Waals surface area contributed by atoms with Crippen LogP contribution in [0.5, 0.6) is 5.75 Å². The topological polar surface area (TPSA) is 47.6 Å². The molecule has 20 heavy (non-hydrogen) atoms. The van der Waals surface area contributed by atoms with Gasteiger partial charge in [0.15, 0.2) is 5.72 Å². The molecule has 0 radical (unpaired) electrons. The van der Waals surface area contributed by atoms with E-state index in [1.165, 1.54) is 0 Å². The summed E-state index contributed by atoms with van der Waals surface area (Å²) in [6, 6.07) is 7.31. The molecule has 1 aromatic rings. The Balaban J connectivity index is 1.81. The maximum atomic E-state index is 11.8. The number of rotatable bonds is 2. The highest BCUT2D eigenvalue weighted by molar-refractivity contribution is 6.30. The second-order valence-corrected chi connectivity index (χ2v) is 5.88. The number of carbonyl (C=O) groups is 1. The van der Waals surface area contributed by atoms with Gasteiger partial charge in [0.2, 0.25) is 0 Å². The van der Waals surface area contributed by atoms with Crippen LogP contribution < -0.4 is 10.1 Å². The molecule has 1 aliphatic heterocycles. The highest BCUT2D eigenvalue weighted by Gasteiger charge is 2.51. The zero-order chi connectivity index (χ0) is 14.2. The molecule has 4 nitrogen and oxygen atoms in total. The predicted molar refractivity (Wildman–Crippen MR) is 75.8 cm³/mol. The van der Waals surface area contributed by atoms with Crippen molar-refractivity contribution in [3.8, 4) is 5.75 Å². The molecule has 1 spiro atoms. The van der Waals surface area contributed by atoms with Gasteiger partial charge in [-0.05, 0) is 50.8 Å². The largest absolute Gasteiger partial charge is 0.485 e. The van der Waals surface area contributed by atoms with Crippen molar-refractivity contribution in [2.75, 3.05) is 0 Å². The van der Waals surface area contributed by atoms with Gasteiger partial charge < -0.3 is 14.8 Å². The molecule has 0 unspecified atom stereocenters. The lowest BCUT2D eigenvalue weighted by Crippen LogP contribution is -2.56. The van der Waals surface area contributed by atoms with E-state index in [0.717, 1.165) is 25.7 Å². The van der Waals surface area contributed by atoms with Gasteiger partial charge in [0.05, 0.1) is 0 Å². The average Bonchev–Trinajstić information content (AvgIpc) is 2.68. The minimum Gasteiger partial charge on any atom is -0.485 e. The fraction of sp³-hybridized carbons (Fsp3) is 0.533. The summed E-state index contributed by atoms with van der Waals surface area (Å²) in [5, 5.41) is 3.62. The first kappa shape index (κ1) is 13.7. The molecular formula is C15H18ClNO3. The molecule has 1 aliphatic carbocycles. The van der Waals surface area contributed by atoms with Crippen LogP contribution in [0.1, 0.15) is 32.6 Å². The van der Waals surface area contributed by atoms with Crippen molar-refractivity contribution >= 4 is 17.5 Å². The van der Waals surface area contributed by atoms with Gasteiger partial charge in [-0.3, -0.25) is 4.79 Å². The standard InChI is InChI=1S/C15H18ClNO3/c1-10-14(18)17-15(20-10)8-3-2-7-13(15)19-12-6-4-5-11(16)9-12/h4-6,9-10,13H,2-3,7-8H2,1H3,(H,17,18)/t10-,13-,15+/m1/s1. The Bertz CT molecular complexity index is 522. The predicted octanol–water partition coefficient (Wildman–Crippen LogP) is 2.89. The minimum atomic E-state index is -0.683. The maximum Gasteiger partial charge on any atom is 0.251 e. The zero-order valence-corrected chi connectivity index (χ0v) is 12.2. The number of hydrogen-bond acceptors (Lipinski definition) is 3. The van der Waals surface area contributed by atoms with E-state index in [9.17, 15) is 4.79 Å². The fourth-order valence-electron chi connectivity index (χ4n) is 2.96. The first-order valence-electron chi connectivity index (χ1n) is 7.01. The summed E-state index contributed by atoms with van der Waals surface area (Å²) >= 11 is 5.98. The molecule has 2 aliphatic rings. The second kappa shape index (κ2) is 5.26. The first-order chi connectivity index (χ1) is 9.59. The molecule has 1 heterocycles. The molecule has 1 amide bonds. The maximum absolute atomic E-state index is 11.8. The minimum absolute atomic E-state index is 0.0633. The van der Waals surface area contributed by atoms with Crippen molar-refractivity contribution in [1.82, 2.24) is 5.32 Å². The summed E-state index contributed by atoms with van der Waals surface area (Å²) in [5.41, 5.74) is -0.683. The van der Waals surface area contributed by atoms with E-state index < -0.39 is 11.8 Å². The molecule has 5 heteroatoms. The Hall–Kier alpha value is -1.26. The van der Waals surface area contributed by atoms with E-state index in [1.807, 2.05) is 12.1 Å². The third-order valence-electron chi connectivity index (χ3n) is 3.95. The number of ether oxygens (including phenoxy) is 2. The van der Waals surface area contributed by atoms with Gasteiger partial charge in [0, 0.05) is 5.02 Å². The summed E-state index contributed by atoms with van der Waals surface area (Å²) in [5.74, 6) is 0.646. The Kier molecular flexibility index (Phi) is 3.61. The lowest BCUT2D eigenvalue weighted by molar-refractivity contribution is -0.134. The smallest absolute Gasteiger partial charge is 0.251 e. The fourth-order valence-corrected chi connectivity index (χ4v) is 3.14. The molecule has 108 valence electrons. The number of halogens is 1. The van der Waals surface area contributed by atoms with Crippen LogP contribution in [0.2, 0.25) is 5.02 Å². The van der Waals surface area contributed by atoms with Gasteiger partial charge in [0.25, 0.3) is 5.91 Å². The second-order valence-electron chi connectivity index (χ2n) is 5.45. The molecule has 1 N–H and O–H groups in total. The molecule has 1 aromatic carbocycles. The normalized spacial score (nSPS) is 33.2. The number of benzene rings is 1. The van der Waals surface area contributed by atoms with E-state index in [-0.39, 0.29) is 12.0 Å². The Morgan fingerprint density at radius 2 is 2.30 bits per heavy atom. The van der Waals surface area contributed by atoms with Crippen LogP contribution in [0.25, 0.3) is 0 Å². The van der Waals surface area contributed by atoms with Gasteiger partial charge in [0.1, 0.15) is 18.0 Å². The average molecular weight is 296 g/mol. The van der Waals surface area contributed by atoms with Crippen LogP contribution in [-0.4, -0.2) is 23.8 Å². The summed E-state index contributed by atoms with van der Waals surface area (Å²) in [6.45, 7) is 1.77. The summed E-state index contributed by atoms with van der Waals surface area (Å²) in [6.07, 6.45) is 3.15. The Morgan fingerprint density at radius 1 is 1.45 bits per heavy atom.